The first-order valence-electron chi connectivity index (χ1n) is 6.23. The maximum absolute atomic E-state index is 9.54. The predicted octanol–water partition coefficient (Wildman–Crippen LogP) is 3.33. The molecule has 2 rings (SSSR count). The fourth-order valence-corrected chi connectivity index (χ4v) is 1.85. The molecule has 3 heteroatoms. The van der Waals surface area contributed by atoms with Gasteiger partial charge in [0, 0.05) is 5.56 Å². The molecule has 0 aliphatic heterocycles. The Morgan fingerprint density at radius 3 is 2.63 bits per heavy atom. The summed E-state index contributed by atoms with van der Waals surface area (Å²) < 4.78 is 11.0. The summed E-state index contributed by atoms with van der Waals surface area (Å²) in [5, 5.41) is 9.54. The van der Waals surface area contributed by atoms with Crippen molar-refractivity contribution in [1.29, 1.82) is 0 Å². The molecule has 2 aromatic rings. The molecule has 0 unspecified atom stereocenters. The van der Waals surface area contributed by atoms with Gasteiger partial charge in [0.05, 0.1) is 13.2 Å². The summed E-state index contributed by atoms with van der Waals surface area (Å²) in [6, 6.07) is 15.2. The minimum atomic E-state index is -0.491. The smallest absolute Gasteiger partial charge is 0.125 e. The largest absolute Gasteiger partial charge is 0.496 e. The van der Waals surface area contributed by atoms with Crippen molar-refractivity contribution in [2.75, 3.05) is 7.11 Å². The number of aliphatic hydroxyl groups is 1. The van der Waals surface area contributed by atoms with Gasteiger partial charge < -0.3 is 14.6 Å². The topological polar surface area (TPSA) is 38.7 Å². The van der Waals surface area contributed by atoms with Crippen LogP contribution in [0.4, 0.5) is 0 Å². The number of hydrogen-bond acceptors (Lipinski definition) is 3. The van der Waals surface area contributed by atoms with Crippen molar-refractivity contribution < 1.29 is 14.6 Å². The lowest BCUT2D eigenvalue weighted by Gasteiger charge is -2.11. The quantitative estimate of drug-likeness (QED) is 0.894. The van der Waals surface area contributed by atoms with Gasteiger partial charge in [-0.1, -0.05) is 30.3 Å². The lowest BCUT2D eigenvalue weighted by molar-refractivity contribution is 0.198. The van der Waals surface area contributed by atoms with Crippen molar-refractivity contribution in [3.05, 3.63) is 59.7 Å². The van der Waals surface area contributed by atoms with Crippen LogP contribution in [0, 0.1) is 0 Å². The minimum Gasteiger partial charge on any atom is -0.496 e. The third-order valence-corrected chi connectivity index (χ3v) is 2.93. The van der Waals surface area contributed by atoms with Crippen LogP contribution in [-0.4, -0.2) is 12.2 Å². The molecule has 1 atom stereocenters. The van der Waals surface area contributed by atoms with Crippen LogP contribution >= 0.6 is 0 Å². The van der Waals surface area contributed by atoms with Gasteiger partial charge in [-0.05, 0) is 30.7 Å². The average Bonchev–Trinajstić information content (AvgIpc) is 2.45. The highest BCUT2D eigenvalue weighted by atomic mass is 16.5. The zero-order chi connectivity index (χ0) is 13.7. The second-order valence-corrected chi connectivity index (χ2v) is 4.35. The zero-order valence-corrected chi connectivity index (χ0v) is 11.2. The standard InChI is InChI=1S/C16H18O3/c1-12(17)13-7-5-8-15(10-13)19-11-14-6-3-4-9-16(14)18-2/h3-10,12,17H,11H2,1-2H3/t12-/m0/s1. The van der Waals surface area contributed by atoms with Crippen LogP contribution in [0.1, 0.15) is 24.2 Å². The number of para-hydroxylation sites is 1. The Bertz CT molecular complexity index is 535. The summed E-state index contributed by atoms with van der Waals surface area (Å²) in [5.41, 5.74) is 1.84. The molecule has 0 spiro atoms. The fraction of sp³-hybridized carbons (Fsp3) is 0.250. The van der Waals surface area contributed by atoms with E-state index >= 15 is 0 Å². The highest BCUT2D eigenvalue weighted by Crippen LogP contribution is 2.22. The molecule has 0 aliphatic rings. The molecule has 100 valence electrons. The van der Waals surface area contributed by atoms with Crippen molar-refractivity contribution in [3.63, 3.8) is 0 Å². The van der Waals surface area contributed by atoms with Crippen molar-refractivity contribution in [2.45, 2.75) is 19.6 Å². The molecule has 0 saturated carbocycles. The molecule has 1 N–H and O–H groups in total. The maximum Gasteiger partial charge on any atom is 0.125 e. The highest BCUT2D eigenvalue weighted by molar-refractivity contribution is 5.34. The molecule has 0 bridgehead atoms. The first-order chi connectivity index (χ1) is 9.20. The summed E-state index contributed by atoms with van der Waals surface area (Å²) >= 11 is 0. The van der Waals surface area contributed by atoms with E-state index < -0.39 is 6.10 Å². The Kier molecular flexibility index (Phi) is 4.42. The van der Waals surface area contributed by atoms with E-state index in [0.717, 1.165) is 22.6 Å². The van der Waals surface area contributed by atoms with Gasteiger partial charge in [-0.25, -0.2) is 0 Å². The van der Waals surface area contributed by atoms with Gasteiger partial charge >= 0.3 is 0 Å². The Morgan fingerprint density at radius 1 is 1.11 bits per heavy atom. The molecule has 0 aromatic heterocycles. The SMILES string of the molecule is COc1ccccc1COc1cccc([C@H](C)O)c1. The molecular formula is C16H18O3. The normalized spacial score (nSPS) is 11.9. The van der Waals surface area contributed by atoms with Crippen molar-refractivity contribution in [2.24, 2.45) is 0 Å². The third kappa shape index (κ3) is 3.48. The summed E-state index contributed by atoms with van der Waals surface area (Å²) in [5.74, 6) is 1.55. The van der Waals surface area contributed by atoms with Gasteiger partial charge in [0.1, 0.15) is 18.1 Å². The first kappa shape index (κ1) is 13.4. The lowest BCUT2D eigenvalue weighted by atomic mass is 10.1. The number of aliphatic hydroxyl groups excluding tert-OH is 1. The summed E-state index contributed by atoms with van der Waals surface area (Å²) in [7, 11) is 1.65. The molecule has 0 fully saturated rings. The van der Waals surface area contributed by atoms with Gasteiger partial charge in [-0.15, -0.1) is 0 Å². The van der Waals surface area contributed by atoms with Crippen LogP contribution in [0.5, 0.6) is 11.5 Å². The molecule has 2 aromatic carbocycles. The second kappa shape index (κ2) is 6.25. The van der Waals surface area contributed by atoms with Gasteiger partial charge in [0.2, 0.25) is 0 Å². The van der Waals surface area contributed by atoms with Crippen LogP contribution in [-0.2, 0) is 6.61 Å². The zero-order valence-electron chi connectivity index (χ0n) is 11.2. The Balaban J connectivity index is 2.08. The number of ether oxygens (including phenoxy) is 2. The second-order valence-electron chi connectivity index (χ2n) is 4.35. The van der Waals surface area contributed by atoms with Crippen molar-refractivity contribution in [1.82, 2.24) is 0 Å². The number of hydrogen-bond donors (Lipinski definition) is 1. The van der Waals surface area contributed by atoms with Crippen molar-refractivity contribution in [3.8, 4) is 11.5 Å². The summed E-state index contributed by atoms with van der Waals surface area (Å²) in [6.07, 6.45) is -0.491. The van der Waals surface area contributed by atoms with E-state index in [1.54, 1.807) is 14.0 Å². The van der Waals surface area contributed by atoms with E-state index in [-0.39, 0.29) is 0 Å². The van der Waals surface area contributed by atoms with E-state index in [1.807, 2.05) is 48.5 Å². The fourth-order valence-electron chi connectivity index (χ4n) is 1.85. The minimum absolute atomic E-state index is 0.438. The van der Waals surface area contributed by atoms with Crippen LogP contribution in [0.15, 0.2) is 48.5 Å². The van der Waals surface area contributed by atoms with Gasteiger partial charge in [0.15, 0.2) is 0 Å². The maximum atomic E-state index is 9.54. The van der Waals surface area contributed by atoms with E-state index in [0.29, 0.717) is 6.61 Å². The Morgan fingerprint density at radius 2 is 1.89 bits per heavy atom. The van der Waals surface area contributed by atoms with Crippen molar-refractivity contribution >= 4 is 0 Å². The van der Waals surface area contributed by atoms with E-state index in [9.17, 15) is 5.11 Å². The van der Waals surface area contributed by atoms with Crippen LogP contribution in [0.3, 0.4) is 0 Å². The van der Waals surface area contributed by atoms with Crippen LogP contribution in [0.25, 0.3) is 0 Å². The molecular weight excluding hydrogens is 240 g/mol. The average molecular weight is 258 g/mol. The first-order valence-corrected chi connectivity index (χ1v) is 6.23. The molecule has 19 heavy (non-hydrogen) atoms. The lowest BCUT2D eigenvalue weighted by Crippen LogP contribution is -1.99. The molecule has 0 aliphatic carbocycles. The molecule has 3 nitrogen and oxygen atoms in total. The van der Waals surface area contributed by atoms with E-state index in [2.05, 4.69) is 0 Å². The van der Waals surface area contributed by atoms with E-state index in [1.165, 1.54) is 0 Å². The van der Waals surface area contributed by atoms with Crippen LogP contribution < -0.4 is 9.47 Å². The van der Waals surface area contributed by atoms with Gasteiger partial charge in [-0.3, -0.25) is 0 Å². The molecule has 0 radical (unpaired) electrons. The monoisotopic (exact) mass is 258 g/mol. The van der Waals surface area contributed by atoms with Crippen LogP contribution in [0.2, 0.25) is 0 Å². The molecule has 0 saturated heterocycles. The Labute approximate surface area is 113 Å². The summed E-state index contributed by atoms with van der Waals surface area (Å²) in [4.78, 5) is 0. The number of methoxy groups -OCH3 is 1. The highest BCUT2D eigenvalue weighted by Gasteiger charge is 2.05. The number of rotatable bonds is 5. The summed E-state index contributed by atoms with van der Waals surface area (Å²) in [6.45, 7) is 2.17. The predicted molar refractivity (Wildman–Crippen MR) is 74.4 cm³/mol. The third-order valence-electron chi connectivity index (χ3n) is 2.93. The number of benzene rings is 2. The van der Waals surface area contributed by atoms with Gasteiger partial charge in [-0.2, -0.15) is 0 Å². The van der Waals surface area contributed by atoms with E-state index in [4.69, 9.17) is 9.47 Å². The Hall–Kier alpha value is -2.00. The van der Waals surface area contributed by atoms with Gasteiger partial charge in [0.25, 0.3) is 0 Å². The molecule has 0 heterocycles. The molecule has 0 amide bonds.